The van der Waals surface area contributed by atoms with Crippen LogP contribution in [-0.2, 0) is 11.5 Å². The Balaban J connectivity index is 1.83. The van der Waals surface area contributed by atoms with Crippen molar-refractivity contribution < 1.29 is 14.3 Å². The molecule has 0 amide bonds. The van der Waals surface area contributed by atoms with Gasteiger partial charge >= 0.3 is 0 Å². The number of hydrogen-bond donors (Lipinski definition) is 0. The van der Waals surface area contributed by atoms with E-state index in [9.17, 15) is 9.59 Å². The first-order chi connectivity index (χ1) is 14.0. The zero-order valence-corrected chi connectivity index (χ0v) is 16.9. The molecule has 0 spiro atoms. The highest BCUT2D eigenvalue weighted by Gasteiger charge is 2.37. The molecule has 2 heterocycles. The average molecular weight is 389 g/mol. The van der Waals surface area contributed by atoms with Gasteiger partial charge in [-0.1, -0.05) is 24.3 Å². The van der Waals surface area contributed by atoms with Gasteiger partial charge in [0.2, 0.25) is 0 Å². The number of allylic oxidation sites excluding steroid dienone is 1. The zero-order chi connectivity index (χ0) is 20.3. The van der Waals surface area contributed by atoms with Crippen molar-refractivity contribution >= 4 is 38.8 Å². The van der Waals surface area contributed by atoms with Crippen molar-refractivity contribution in [1.82, 2.24) is 14.4 Å². The third-order valence-electron chi connectivity index (χ3n) is 5.88. The van der Waals surface area contributed by atoms with E-state index in [4.69, 9.17) is 4.74 Å². The normalized spacial score (nSPS) is 16.0. The van der Waals surface area contributed by atoms with E-state index in [1.807, 2.05) is 50.6 Å². The van der Waals surface area contributed by atoms with Gasteiger partial charge < -0.3 is 19.1 Å². The molecule has 6 nitrogen and oxygen atoms in total. The third-order valence-corrected chi connectivity index (χ3v) is 5.88. The van der Waals surface area contributed by atoms with Crippen molar-refractivity contribution in [3.8, 4) is 5.75 Å². The zero-order valence-electron chi connectivity index (χ0n) is 16.9. The number of carbonyl (C=O) groups is 2. The summed E-state index contributed by atoms with van der Waals surface area (Å²) in [6, 6.07) is 9.98. The summed E-state index contributed by atoms with van der Waals surface area (Å²) in [5, 5.41) is 2.89. The lowest BCUT2D eigenvalue weighted by molar-refractivity contribution is -0.113. The molecule has 0 radical (unpaired) electrons. The summed E-state index contributed by atoms with van der Waals surface area (Å²) in [4.78, 5) is 30.0. The number of rotatable bonds is 4. The molecule has 1 aliphatic carbocycles. The van der Waals surface area contributed by atoms with Crippen LogP contribution >= 0.6 is 0 Å². The quantitative estimate of drug-likeness (QED) is 0.642. The molecule has 0 atom stereocenters. The van der Waals surface area contributed by atoms with Gasteiger partial charge in [0.15, 0.2) is 11.6 Å². The van der Waals surface area contributed by atoms with Crippen molar-refractivity contribution in [2.45, 2.75) is 13.1 Å². The summed E-state index contributed by atoms with van der Waals surface area (Å²) in [6.45, 7) is 2.28. The van der Waals surface area contributed by atoms with Gasteiger partial charge in [0.1, 0.15) is 5.75 Å². The van der Waals surface area contributed by atoms with Crippen LogP contribution in [0, 0.1) is 0 Å². The lowest BCUT2D eigenvalue weighted by Crippen LogP contribution is -2.35. The average Bonchev–Trinajstić information content (AvgIpc) is 3.05. The summed E-state index contributed by atoms with van der Waals surface area (Å²) >= 11 is 0. The Morgan fingerprint density at radius 1 is 1.10 bits per heavy atom. The van der Waals surface area contributed by atoms with Crippen LogP contribution in [0.4, 0.5) is 0 Å². The number of Topliss-reactive ketones (excluding diaryl/α,β-unsaturated/α-hetero) is 2. The Labute approximate surface area is 168 Å². The van der Waals surface area contributed by atoms with Gasteiger partial charge in [-0.3, -0.25) is 9.59 Å². The van der Waals surface area contributed by atoms with Crippen molar-refractivity contribution in [3.05, 3.63) is 47.8 Å². The van der Waals surface area contributed by atoms with Crippen molar-refractivity contribution in [2.75, 3.05) is 34.3 Å². The molecule has 0 saturated heterocycles. The molecule has 5 rings (SSSR count). The molecule has 3 aromatic rings. The number of fused-ring (bicyclic) bond motifs is 5. The van der Waals surface area contributed by atoms with Gasteiger partial charge in [0.05, 0.1) is 42.5 Å². The largest absolute Gasteiger partial charge is 0.496 e. The number of aromatic nitrogens is 1. The maximum Gasteiger partial charge on any atom is 0.174 e. The molecule has 0 saturated carbocycles. The Morgan fingerprint density at radius 2 is 1.86 bits per heavy atom. The monoisotopic (exact) mass is 389 g/mol. The Bertz CT molecular complexity index is 1220. The fourth-order valence-electron chi connectivity index (χ4n) is 4.51. The van der Waals surface area contributed by atoms with E-state index in [-0.39, 0.29) is 18.0 Å². The third kappa shape index (κ3) is 2.59. The molecule has 148 valence electrons. The standard InChI is InChI=1S/C23H23N3O3/c1-24(2)8-9-25-12-16-18(27)11-19(28)22-21-15-7-5-4-6-14(15)20(29-3)10-17(21)26(13-25)23(16)22/h4-7,10,12H,8-9,11,13H2,1-3H3. The highest BCUT2D eigenvalue weighted by molar-refractivity contribution is 6.37. The lowest BCUT2D eigenvalue weighted by Gasteiger charge is -2.31. The summed E-state index contributed by atoms with van der Waals surface area (Å²) in [6.07, 6.45) is 1.87. The van der Waals surface area contributed by atoms with Crippen LogP contribution in [0.1, 0.15) is 22.5 Å². The van der Waals surface area contributed by atoms with Crippen molar-refractivity contribution in [2.24, 2.45) is 0 Å². The number of ether oxygens (including phenoxy) is 1. The van der Waals surface area contributed by atoms with Gasteiger partial charge in [-0.15, -0.1) is 0 Å². The number of carbonyl (C=O) groups excluding carboxylic acids is 2. The predicted molar refractivity (Wildman–Crippen MR) is 113 cm³/mol. The van der Waals surface area contributed by atoms with Gasteiger partial charge in [-0.2, -0.15) is 0 Å². The maximum absolute atomic E-state index is 13.0. The minimum atomic E-state index is -0.0996. The van der Waals surface area contributed by atoms with Crippen LogP contribution in [0.2, 0.25) is 0 Å². The lowest BCUT2D eigenvalue weighted by atomic mass is 9.88. The summed E-state index contributed by atoms with van der Waals surface area (Å²) in [7, 11) is 5.73. The van der Waals surface area contributed by atoms with E-state index in [2.05, 4.69) is 14.4 Å². The van der Waals surface area contributed by atoms with Crippen LogP contribution in [0.15, 0.2) is 36.5 Å². The van der Waals surface area contributed by atoms with Crippen LogP contribution in [-0.4, -0.2) is 60.2 Å². The first-order valence-corrected chi connectivity index (χ1v) is 9.79. The molecular weight excluding hydrogens is 366 g/mol. The maximum atomic E-state index is 13.0. The van der Waals surface area contributed by atoms with Crippen LogP contribution in [0.5, 0.6) is 5.75 Å². The topological polar surface area (TPSA) is 54.8 Å². The Hall–Kier alpha value is -3.12. The summed E-state index contributed by atoms with van der Waals surface area (Å²) in [5.74, 6) is 0.578. The molecule has 2 aliphatic rings. The predicted octanol–water partition coefficient (Wildman–Crippen LogP) is 3.13. The van der Waals surface area contributed by atoms with Crippen LogP contribution in [0.25, 0.3) is 27.2 Å². The SMILES string of the molecule is COc1cc2c(c3c4n2CN(CCN(C)C)C=C4C(=O)CC3=O)c2ccccc12. The van der Waals surface area contributed by atoms with E-state index in [0.717, 1.165) is 46.2 Å². The number of likely N-dealkylation sites (N-methyl/N-ethyl adjacent to an activating group) is 1. The minimum absolute atomic E-state index is 0.0696. The van der Waals surface area contributed by atoms with Crippen molar-refractivity contribution in [3.63, 3.8) is 0 Å². The van der Waals surface area contributed by atoms with E-state index < -0.39 is 0 Å². The van der Waals surface area contributed by atoms with Crippen molar-refractivity contribution in [1.29, 1.82) is 0 Å². The number of nitrogens with zero attached hydrogens (tertiary/aromatic N) is 3. The second-order valence-electron chi connectivity index (χ2n) is 7.99. The van der Waals surface area contributed by atoms with Gasteiger partial charge in [0.25, 0.3) is 0 Å². The van der Waals surface area contributed by atoms with Gasteiger partial charge in [-0.25, -0.2) is 0 Å². The van der Waals surface area contributed by atoms with E-state index in [0.29, 0.717) is 17.8 Å². The highest BCUT2D eigenvalue weighted by atomic mass is 16.5. The molecule has 6 heteroatoms. The minimum Gasteiger partial charge on any atom is -0.496 e. The van der Waals surface area contributed by atoms with E-state index >= 15 is 0 Å². The summed E-state index contributed by atoms with van der Waals surface area (Å²) < 4.78 is 7.78. The second kappa shape index (κ2) is 6.46. The van der Waals surface area contributed by atoms with Gasteiger partial charge in [0, 0.05) is 36.1 Å². The molecule has 1 aliphatic heterocycles. The molecule has 0 fully saturated rings. The first kappa shape index (κ1) is 17.9. The molecule has 1 aromatic heterocycles. The van der Waals surface area contributed by atoms with Crippen LogP contribution in [0.3, 0.4) is 0 Å². The smallest absolute Gasteiger partial charge is 0.174 e. The number of ketones is 2. The molecule has 29 heavy (non-hydrogen) atoms. The Morgan fingerprint density at radius 3 is 2.59 bits per heavy atom. The highest BCUT2D eigenvalue weighted by Crippen LogP contribution is 2.44. The van der Waals surface area contributed by atoms with E-state index in [1.54, 1.807) is 7.11 Å². The first-order valence-electron chi connectivity index (χ1n) is 9.79. The molecular formula is C23H23N3O3. The number of benzene rings is 2. The molecule has 0 unspecified atom stereocenters. The fraction of sp³-hybridized carbons (Fsp3) is 0.304. The molecule has 2 aromatic carbocycles. The summed E-state index contributed by atoms with van der Waals surface area (Å²) in [5.41, 5.74) is 3.02. The molecule has 0 N–H and O–H groups in total. The fourth-order valence-corrected chi connectivity index (χ4v) is 4.51. The van der Waals surface area contributed by atoms with E-state index in [1.165, 1.54) is 0 Å². The second-order valence-corrected chi connectivity index (χ2v) is 7.99. The van der Waals surface area contributed by atoms with Crippen LogP contribution < -0.4 is 4.74 Å². The number of hydrogen-bond acceptors (Lipinski definition) is 5. The van der Waals surface area contributed by atoms with Gasteiger partial charge in [-0.05, 0) is 19.5 Å². The molecule has 0 bridgehead atoms. The Kier molecular flexibility index (Phi) is 3.99. The number of methoxy groups -OCH3 is 1.